The number of hydrogen-bond donors (Lipinski definition) is 1. The zero-order chi connectivity index (χ0) is 11.8. The Morgan fingerprint density at radius 1 is 1.21 bits per heavy atom. The number of hydrogen-bond acceptors (Lipinski definition) is 5. The van der Waals surface area contributed by atoms with Gasteiger partial charge in [-0.15, -0.1) is 0 Å². The van der Waals surface area contributed by atoms with E-state index in [-0.39, 0.29) is 5.57 Å². The number of carboxylic acid groups (broad SMARTS) is 1. The minimum absolute atomic E-state index is 0.176. The maximum atomic E-state index is 10.7. The Kier molecular flexibility index (Phi) is 8.68. The minimum atomic E-state index is -3.16. The molecule has 0 amide bonds. The molecule has 0 aromatic carbocycles. The molecule has 0 aromatic rings. The molecule has 0 aliphatic rings. The van der Waals surface area contributed by atoms with Crippen molar-refractivity contribution in [2.45, 2.75) is 6.92 Å². The van der Waals surface area contributed by atoms with Crippen LogP contribution in [0.2, 0.25) is 0 Å². The summed E-state index contributed by atoms with van der Waals surface area (Å²) >= 11 is 0. The van der Waals surface area contributed by atoms with Gasteiger partial charge in [0.1, 0.15) is 0 Å². The Morgan fingerprint density at radius 3 is 1.43 bits per heavy atom. The van der Waals surface area contributed by atoms with E-state index in [9.17, 15) is 9.36 Å². The standard InChI is InChI=1S/C4H6O2.C3H9O4P/c1-3(2)4(5)6;1-5-8(4,6-2)7-3/h1H2,2H3,(H,5,6);1-3H3. The third-order valence-corrected chi connectivity index (χ3v) is 2.38. The van der Waals surface area contributed by atoms with Crippen LogP contribution in [0, 0.1) is 0 Å². The van der Waals surface area contributed by atoms with E-state index in [1.54, 1.807) is 0 Å². The van der Waals surface area contributed by atoms with Crippen molar-refractivity contribution in [2.75, 3.05) is 21.3 Å². The molecule has 0 bridgehead atoms. The van der Waals surface area contributed by atoms with Gasteiger partial charge >= 0.3 is 13.8 Å². The number of rotatable bonds is 4. The smallest absolute Gasteiger partial charge is 0.473 e. The first kappa shape index (κ1) is 15.8. The van der Waals surface area contributed by atoms with Crippen molar-refractivity contribution in [3.05, 3.63) is 12.2 Å². The second-order valence-corrected chi connectivity index (χ2v) is 4.07. The van der Waals surface area contributed by atoms with E-state index in [0.717, 1.165) is 0 Å². The Balaban J connectivity index is 0. The predicted molar refractivity (Wildman–Crippen MR) is 51.1 cm³/mol. The summed E-state index contributed by atoms with van der Waals surface area (Å²) in [4.78, 5) is 9.60. The van der Waals surface area contributed by atoms with Gasteiger partial charge in [0.15, 0.2) is 0 Å². The predicted octanol–water partition coefficient (Wildman–Crippen LogP) is 1.68. The fraction of sp³-hybridized carbons (Fsp3) is 0.571. The van der Waals surface area contributed by atoms with Crippen LogP contribution in [0.5, 0.6) is 0 Å². The van der Waals surface area contributed by atoms with E-state index in [0.29, 0.717) is 0 Å². The van der Waals surface area contributed by atoms with Gasteiger partial charge in [0, 0.05) is 26.9 Å². The zero-order valence-electron chi connectivity index (χ0n) is 8.64. The first-order chi connectivity index (χ1) is 6.32. The summed E-state index contributed by atoms with van der Waals surface area (Å²) in [5.74, 6) is -0.935. The molecular formula is C7H15O6P. The molecular weight excluding hydrogens is 211 g/mol. The van der Waals surface area contributed by atoms with E-state index in [4.69, 9.17) is 5.11 Å². The molecule has 84 valence electrons. The van der Waals surface area contributed by atoms with Crippen LogP contribution in [-0.4, -0.2) is 32.4 Å². The number of phosphoric acid groups is 1. The highest BCUT2D eigenvalue weighted by Crippen LogP contribution is 2.46. The average molecular weight is 226 g/mol. The van der Waals surface area contributed by atoms with Crippen molar-refractivity contribution in [3.8, 4) is 0 Å². The highest BCUT2D eigenvalue weighted by atomic mass is 31.2. The number of aliphatic carboxylic acids is 1. The van der Waals surface area contributed by atoms with Gasteiger partial charge in [-0.1, -0.05) is 6.58 Å². The van der Waals surface area contributed by atoms with E-state index in [2.05, 4.69) is 20.2 Å². The molecule has 1 N–H and O–H groups in total. The quantitative estimate of drug-likeness (QED) is 0.580. The second kappa shape index (κ2) is 7.70. The summed E-state index contributed by atoms with van der Waals surface area (Å²) in [7, 11) is 0.611. The van der Waals surface area contributed by atoms with Crippen LogP contribution in [0.1, 0.15) is 6.92 Å². The van der Waals surface area contributed by atoms with Gasteiger partial charge in [-0.3, -0.25) is 13.6 Å². The van der Waals surface area contributed by atoms with Crippen molar-refractivity contribution in [2.24, 2.45) is 0 Å². The molecule has 0 spiro atoms. The normalized spacial score (nSPS) is 10.0. The van der Waals surface area contributed by atoms with Gasteiger partial charge in [-0.2, -0.15) is 0 Å². The van der Waals surface area contributed by atoms with Crippen molar-refractivity contribution in [3.63, 3.8) is 0 Å². The lowest BCUT2D eigenvalue weighted by atomic mass is 10.4. The van der Waals surface area contributed by atoms with E-state index in [1.807, 2.05) is 0 Å². The molecule has 14 heavy (non-hydrogen) atoms. The van der Waals surface area contributed by atoms with Crippen LogP contribution in [0.15, 0.2) is 12.2 Å². The van der Waals surface area contributed by atoms with Gasteiger partial charge in [0.25, 0.3) is 0 Å². The van der Waals surface area contributed by atoms with Gasteiger partial charge in [-0.05, 0) is 6.92 Å². The Labute approximate surface area is 83.1 Å². The van der Waals surface area contributed by atoms with Crippen LogP contribution in [0.3, 0.4) is 0 Å². The van der Waals surface area contributed by atoms with Gasteiger partial charge in [-0.25, -0.2) is 9.36 Å². The third-order valence-electron chi connectivity index (χ3n) is 1.04. The van der Waals surface area contributed by atoms with Crippen molar-refractivity contribution in [1.29, 1.82) is 0 Å². The molecule has 0 heterocycles. The zero-order valence-corrected chi connectivity index (χ0v) is 9.54. The molecule has 0 unspecified atom stereocenters. The number of phosphoric ester groups is 1. The molecule has 0 saturated carbocycles. The molecule has 0 saturated heterocycles. The van der Waals surface area contributed by atoms with E-state index < -0.39 is 13.8 Å². The van der Waals surface area contributed by atoms with Crippen LogP contribution < -0.4 is 0 Å². The highest BCUT2D eigenvalue weighted by Gasteiger charge is 2.18. The molecule has 0 aromatic heterocycles. The summed E-state index contributed by atoms with van der Waals surface area (Å²) in [6.07, 6.45) is 0. The van der Waals surface area contributed by atoms with Crippen molar-refractivity contribution in [1.82, 2.24) is 0 Å². The first-order valence-electron chi connectivity index (χ1n) is 3.49. The van der Waals surface area contributed by atoms with E-state index in [1.165, 1.54) is 28.3 Å². The van der Waals surface area contributed by atoms with Gasteiger partial charge < -0.3 is 5.11 Å². The maximum absolute atomic E-state index is 10.7. The molecule has 0 radical (unpaired) electrons. The molecule has 7 heteroatoms. The Hall–Kier alpha value is -0.680. The average Bonchev–Trinajstić information content (AvgIpc) is 2.17. The lowest BCUT2D eigenvalue weighted by Gasteiger charge is -2.08. The monoisotopic (exact) mass is 226 g/mol. The van der Waals surface area contributed by atoms with Crippen molar-refractivity contribution >= 4 is 13.8 Å². The Bertz CT molecular complexity index is 205. The van der Waals surface area contributed by atoms with Crippen LogP contribution in [0.25, 0.3) is 0 Å². The summed E-state index contributed by atoms with van der Waals surface area (Å²) in [6.45, 7) is 4.60. The topological polar surface area (TPSA) is 82.1 Å². The number of carboxylic acids is 1. The Morgan fingerprint density at radius 2 is 1.43 bits per heavy atom. The summed E-state index contributed by atoms with van der Waals surface area (Å²) in [6, 6.07) is 0. The third kappa shape index (κ3) is 7.94. The lowest BCUT2D eigenvalue weighted by molar-refractivity contribution is -0.132. The molecule has 0 aliphatic heterocycles. The molecule has 0 rings (SSSR count). The highest BCUT2D eigenvalue weighted by molar-refractivity contribution is 7.48. The summed E-state index contributed by atoms with van der Waals surface area (Å²) in [5.41, 5.74) is 0.176. The van der Waals surface area contributed by atoms with Crippen molar-refractivity contribution < 1.29 is 28.0 Å². The van der Waals surface area contributed by atoms with Crippen LogP contribution in [0.4, 0.5) is 0 Å². The van der Waals surface area contributed by atoms with Gasteiger partial charge in [0.2, 0.25) is 0 Å². The minimum Gasteiger partial charge on any atom is -0.478 e. The first-order valence-corrected chi connectivity index (χ1v) is 4.95. The largest absolute Gasteiger partial charge is 0.478 e. The van der Waals surface area contributed by atoms with Gasteiger partial charge in [0.05, 0.1) is 0 Å². The maximum Gasteiger partial charge on any atom is 0.473 e. The molecule has 0 fully saturated rings. The van der Waals surface area contributed by atoms with Crippen LogP contribution in [-0.2, 0) is 22.9 Å². The molecule has 0 aliphatic carbocycles. The molecule has 6 nitrogen and oxygen atoms in total. The second-order valence-electron chi connectivity index (χ2n) is 2.08. The summed E-state index contributed by atoms with van der Waals surface area (Å²) in [5, 5.41) is 7.89. The fourth-order valence-corrected chi connectivity index (χ4v) is 0.671. The van der Waals surface area contributed by atoms with Crippen LogP contribution >= 0.6 is 7.82 Å². The van der Waals surface area contributed by atoms with E-state index >= 15 is 0 Å². The SMILES string of the molecule is C=C(C)C(=O)O.COP(=O)(OC)OC. The lowest BCUT2D eigenvalue weighted by Crippen LogP contribution is -1.92. The fourth-order valence-electron chi connectivity index (χ4n) is 0.224. The summed E-state index contributed by atoms with van der Waals surface area (Å²) < 4.78 is 23.7. The molecule has 0 atom stereocenters. The number of carbonyl (C=O) groups is 1.